The molecule has 0 saturated heterocycles. The van der Waals surface area contributed by atoms with Crippen LogP contribution in [0.2, 0.25) is 0 Å². The quantitative estimate of drug-likeness (QED) is 0.276. The second-order valence-electron chi connectivity index (χ2n) is 6.81. The molecule has 0 saturated carbocycles. The molecule has 3 aromatic rings. The van der Waals surface area contributed by atoms with Crippen LogP contribution in [0.15, 0.2) is 58.3 Å². The fourth-order valence-electron chi connectivity index (χ4n) is 2.66. The van der Waals surface area contributed by atoms with Crippen molar-refractivity contribution >= 4 is 49.8 Å². The molecule has 1 amide bonds. The predicted octanol–water partition coefficient (Wildman–Crippen LogP) is 4.79. The van der Waals surface area contributed by atoms with Crippen molar-refractivity contribution in [2.45, 2.75) is 30.0 Å². The number of thioether (sulfide) groups is 1. The zero-order chi connectivity index (χ0) is 22.6. The van der Waals surface area contributed by atoms with E-state index in [0.29, 0.717) is 26.5 Å². The monoisotopic (exact) mass is 474 g/mol. The number of carbonyl (C=O) groups excluding carboxylic acids is 1. The van der Waals surface area contributed by atoms with Crippen LogP contribution in [-0.2, 0) is 10.0 Å². The van der Waals surface area contributed by atoms with Gasteiger partial charge in [0.25, 0.3) is 15.9 Å². The zero-order valence-corrected chi connectivity index (χ0v) is 19.7. The normalized spacial score (nSPS) is 11.2. The van der Waals surface area contributed by atoms with E-state index in [-0.39, 0.29) is 10.5 Å². The second-order valence-corrected chi connectivity index (χ2v) is 10.7. The fourth-order valence-corrected chi connectivity index (χ4v) is 5.49. The molecule has 0 atom stereocenters. The number of aromatic nitrogens is 2. The Morgan fingerprint density at radius 1 is 1.10 bits per heavy atom. The molecular weight excluding hydrogens is 452 g/mol. The van der Waals surface area contributed by atoms with E-state index in [2.05, 4.69) is 26.8 Å². The number of carbonyl (C=O) groups is 1. The Kier molecular flexibility index (Phi) is 7.14. The van der Waals surface area contributed by atoms with Crippen LogP contribution in [-0.4, -0.2) is 30.3 Å². The SMILES string of the molecule is C=CCSc1nnc(NC(=O)c2ccc(C)c(S(=O)(=O)Nc3ccc(C)c(C)c3)c2)s1. The van der Waals surface area contributed by atoms with Crippen molar-refractivity contribution in [2.24, 2.45) is 0 Å². The van der Waals surface area contributed by atoms with E-state index in [1.54, 1.807) is 37.3 Å². The number of nitrogens with zero attached hydrogens (tertiary/aromatic N) is 2. The summed E-state index contributed by atoms with van der Waals surface area (Å²) in [5.41, 5.74) is 3.26. The predicted molar refractivity (Wildman–Crippen MR) is 127 cm³/mol. The van der Waals surface area contributed by atoms with Gasteiger partial charge in [0.2, 0.25) is 5.13 Å². The number of aryl methyl sites for hydroxylation is 3. The number of anilines is 2. The highest BCUT2D eigenvalue weighted by Gasteiger charge is 2.20. The van der Waals surface area contributed by atoms with Gasteiger partial charge >= 0.3 is 0 Å². The Hall–Kier alpha value is -2.69. The maximum atomic E-state index is 13.0. The van der Waals surface area contributed by atoms with Gasteiger partial charge in [-0.05, 0) is 61.7 Å². The number of sulfonamides is 1. The molecule has 31 heavy (non-hydrogen) atoms. The first kappa shape index (κ1) is 23.0. The average Bonchev–Trinajstić information content (AvgIpc) is 3.16. The molecule has 0 radical (unpaired) electrons. The number of hydrogen-bond acceptors (Lipinski definition) is 7. The Morgan fingerprint density at radius 3 is 2.55 bits per heavy atom. The van der Waals surface area contributed by atoms with Gasteiger partial charge in [-0.25, -0.2) is 8.42 Å². The molecule has 0 aliphatic rings. The Morgan fingerprint density at radius 2 is 1.84 bits per heavy atom. The number of hydrogen-bond donors (Lipinski definition) is 2. The Bertz CT molecular complexity index is 1240. The van der Waals surface area contributed by atoms with Crippen molar-refractivity contribution in [3.63, 3.8) is 0 Å². The molecule has 0 aliphatic heterocycles. The molecule has 2 N–H and O–H groups in total. The van der Waals surface area contributed by atoms with E-state index >= 15 is 0 Å². The third kappa shape index (κ3) is 5.72. The summed E-state index contributed by atoms with van der Waals surface area (Å²) >= 11 is 2.71. The molecule has 3 rings (SSSR count). The molecule has 7 nitrogen and oxygen atoms in total. The Balaban J connectivity index is 1.81. The molecular formula is C21H22N4O3S3. The molecule has 1 aromatic heterocycles. The summed E-state index contributed by atoms with van der Waals surface area (Å²) in [6, 6.07) is 9.89. The average molecular weight is 475 g/mol. The van der Waals surface area contributed by atoms with Crippen LogP contribution in [0.4, 0.5) is 10.8 Å². The van der Waals surface area contributed by atoms with Crippen molar-refractivity contribution in [1.29, 1.82) is 0 Å². The minimum atomic E-state index is -3.88. The minimum Gasteiger partial charge on any atom is -0.296 e. The van der Waals surface area contributed by atoms with Gasteiger partial charge in [-0.3, -0.25) is 14.8 Å². The van der Waals surface area contributed by atoms with Crippen LogP contribution in [0, 0.1) is 20.8 Å². The highest BCUT2D eigenvalue weighted by atomic mass is 32.2. The topological polar surface area (TPSA) is 101 Å². The zero-order valence-electron chi connectivity index (χ0n) is 17.3. The summed E-state index contributed by atoms with van der Waals surface area (Å²) in [6.07, 6.45) is 1.75. The summed E-state index contributed by atoms with van der Waals surface area (Å²) in [5, 5.41) is 11.0. The molecule has 10 heteroatoms. The third-order valence-corrected chi connectivity index (χ3v) is 7.94. The lowest BCUT2D eigenvalue weighted by Crippen LogP contribution is -2.17. The van der Waals surface area contributed by atoms with E-state index < -0.39 is 15.9 Å². The summed E-state index contributed by atoms with van der Waals surface area (Å²) in [7, 11) is -3.88. The summed E-state index contributed by atoms with van der Waals surface area (Å²) in [4.78, 5) is 12.7. The first-order chi connectivity index (χ1) is 14.7. The summed E-state index contributed by atoms with van der Waals surface area (Å²) in [6.45, 7) is 9.21. The largest absolute Gasteiger partial charge is 0.296 e. The lowest BCUT2D eigenvalue weighted by molar-refractivity contribution is 0.102. The molecule has 0 bridgehead atoms. The van der Waals surface area contributed by atoms with Gasteiger partial charge in [0.1, 0.15) is 0 Å². The van der Waals surface area contributed by atoms with Crippen LogP contribution in [0.1, 0.15) is 27.0 Å². The highest BCUT2D eigenvalue weighted by Crippen LogP contribution is 2.26. The molecule has 0 aliphatic carbocycles. The van der Waals surface area contributed by atoms with Gasteiger partial charge in [-0.15, -0.1) is 16.8 Å². The molecule has 162 valence electrons. The number of nitrogens with one attached hydrogen (secondary N) is 2. The lowest BCUT2D eigenvalue weighted by Gasteiger charge is -2.13. The van der Waals surface area contributed by atoms with Gasteiger partial charge in [0.15, 0.2) is 4.34 Å². The van der Waals surface area contributed by atoms with Crippen molar-refractivity contribution in [3.05, 3.63) is 71.3 Å². The van der Waals surface area contributed by atoms with Gasteiger partial charge in [0, 0.05) is 17.0 Å². The summed E-state index contributed by atoms with van der Waals surface area (Å²) in [5.74, 6) is 0.231. The van der Waals surface area contributed by atoms with Gasteiger partial charge < -0.3 is 0 Å². The van der Waals surface area contributed by atoms with Crippen LogP contribution in [0.25, 0.3) is 0 Å². The first-order valence-corrected chi connectivity index (χ1v) is 12.6. The third-order valence-electron chi connectivity index (χ3n) is 4.45. The van der Waals surface area contributed by atoms with Crippen molar-refractivity contribution in [2.75, 3.05) is 15.8 Å². The van der Waals surface area contributed by atoms with Gasteiger partial charge in [-0.1, -0.05) is 41.3 Å². The Labute approximate surface area is 190 Å². The molecule has 2 aromatic carbocycles. The molecule has 1 heterocycles. The van der Waals surface area contributed by atoms with Crippen LogP contribution in [0.3, 0.4) is 0 Å². The van der Waals surface area contributed by atoms with Crippen LogP contribution < -0.4 is 10.0 Å². The van der Waals surface area contributed by atoms with Crippen LogP contribution >= 0.6 is 23.1 Å². The van der Waals surface area contributed by atoms with Crippen molar-refractivity contribution < 1.29 is 13.2 Å². The lowest BCUT2D eigenvalue weighted by atomic mass is 10.1. The maximum Gasteiger partial charge on any atom is 0.262 e. The van der Waals surface area contributed by atoms with Crippen molar-refractivity contribution in [1.82, 2.24) is 10.2 Å². The van der Waals surface area contributed by atoms with E-state index in [1.165, 1.54) is 29.2 Å². The van der Waals surface area contributed by atoms with Gasteiger partial charge in [-0.2, -0.15) is 0 Å². The molecule has 0 spiro atoms. The summed E-state index contributed by atoms with van der Waals surface area (Å²) < 4.78 is 29.3. The van der Waals surface area contributed by atoms with Crippen molar-refractivity contribution in [3.8, 4) is 0 Å². The number of rotatable bonds is 8. The van der Waals surface area contributed by atoms with Gasteiger partial charge in [0.05, 0.1) is 4.90 Å². The highest BCUT2D eigenvalue weighted by molar-refractivity contribution is 8.01. The standard InChI is InChI=1S/C21H22N4O3S3/c1-5-10-29-21-24-23-20(30-21)22-19(26)16-8-6-14(3)18(12-16)31(27,28)25-17-9-7-13(2)15(4)11-17/h5-9,11-12,25H,1,10H2,2-4H3,(H,22,23,26). The van der Waals surface area contributed by atoms with Crippen LogP contribution in [0.5, 0.6) is 0 Å². The molecule has 0 fully saturated rings. The molecule has 0 unspecified atom stereocenters. The van der Waals surface area contributed by atoms with E-state index in [1.807, 2.05) is 19.9 Å². The van der Waals surface area contributed by atoms with E-state index in [0.717, 1.165) is 11.1 Å². The minimum absolute atomic E-state index is 0.0397. The number of benzene rings is 2. The fraction of sp³-hybridized carbons (Fsp3) is 0.190. The smallest absolute Gasteiger partial charge is 0.262 e. The second kappa shape index (κ2) is 9.63. The maximum absolute atomic E-state index is 13.0. The first-order valence-electron chi connectivity index (χ1n) is 9.29. The van der Waals surface area contributed by atoms with E-state index in [4.69, 9.17) is 0 Å². The van der Waals surface area contributed by atoms with E-state index in [9.17, 15) is 13.2 Å². The number of amides is 1.